The lowest BCUT2D eigenvalue weighted by atomic mass is 10.1. The van der Waals surface area contributed by atoms with Crippen molar-refractivity contribution in [3.05, 3.63) is 58.6 Å². The van der Waals surface area contributed by atoms with E-state index in [0.717, 1.165) is 21.5 Å². The number of hydrogen-bond donors (Lipinski definition) is 1. The lowest BCUT2D eigenvalue weighted by Gasteiger charge is -2.14. The van der Waals surface area contributed by atoms with Gasteiger partial charge < -0.3 is 15.2 Å². The second kappa shape index (κ2) is 7.31. The average molecular weight is 336 g/mol. The van der Waals surface area contributed by atoms with Crippen molar-refractivity contribution in [2.45, 2.75) is 13.0 Å². The van der Waals surface area contributed by atoms with Gasteiger partial charge in [-0.15, -0.1) is 0 Å². The highest BCUT2D eigenvalue weighted by molar-refractivity contribution is 9.10. The van der Waals surface area contributed by atoms with Gasteiger partial charge in [0.05, 0.1) is 0 Å². The van der Waals surface area contributed by atoms with Crippen molar-refractivity contribution in [1.29, 1.82) is 0 Å². The third kappa shape index (κ3) is 4.25. The van der Waals surface area contributed by atoms with E-state index in [1.165, 1.54) is 0 Å². The van der Waals surface area contributed by atoms with Gasteiger partial charge in [0.2, 0.25) is 0 Å². The Balaban J connectivity index is 1.84. The molecule has 0 radical (unpaired) electrons. The van der Waals surface area contributed by atoms with E-state index in [2.05, 4.69) is 15.9 Å². The zero-order valence-corrected chi connectivity index (χ0v) is 13.0. The molecule has 0 aliphatic carbocycles. The lowest BCUT2D eigenvalue weighted by Crippen LogP contribution is -2.12. The van der Waals surface area contributed by atoms with E-state index in [4.69, 9.17) is 15.2 Å². The lowest BCUT2D eigenvalue weighted by molar-refractivity contribution is 0.215. The van der Waals surface area contributed by atoms with Crippen LogP contribution in [0.4, 0.5) is 0 Å². The van der Waals surface area contributed by atoms with Crippen molar-refractivity contribution in [1.82, 2.24) is 0 Å². The van der Waals surface area contributed by atoms with Gasteiger partial charge in [0.1, 0.15) is 24.7 Å². The molecule has 1 atom stereocenters. The molecule has 0 saturated heterocycles. The summed E-state index contributed by atoms with van der Waals surface area (Å²) in [5.74, 6) is 1.64. The van der Waals surface area contributed by atoms with Gasteiger partial charge in [0.15, 0.2) is 0 Å². The van der Waals surface area contributed by atoms with Crippen LogP contribution < -0.4 is 15.2 Å². The fourth-order valence-electron chi connectivity index (χ4n) is 1.86. The van der Waals surface area contributed by atoms with E-state index in [9.17, 15) is 0 Å². The molecule has 20 heavy (non-hydrogen) atoms. The molecule has 3 nitrogen and oxygen atoms in total. The minimum atomic E-state index is -0.0443. The van der Waals surface area contributed by atoms with Crippen LogP contribution in [0.2, 0.25) is 0 Å². The fourth-order valence-corrected chi connectivity index (χ4v) is 2.23. The molecule has 0 aliphatic rings. The number of benzene rings is 2. The van der Waals surface area contributed by atoms with Gasteiger partial charge >= 0.3 is 0 Å². The smallest absolute Gasteiger partial charge is 0.124 e. The Morgan fingerprint density at radius 1 is 1.05 bits per heavy atom. The molecule has 106 valence electrons. The molecule has 2 N–H and O–H groups in total. The molecule has 2 aromatic carbocycles. The first kappa shape index (κ1) is 14.9. The van der Waals surface area contributed by atoms with Gasteiger partial charge in [-0.3, -0.25) is 0 Å². The maximum atomic E-state index is 5.91. The molecule has 0 aliphatic heterocycles. The molecule has 2 rings (SSSR count). The van der Waals surface area contributed by atoms with Gasteiger partial charge in [-0.25, -0.2) is 0 Å². The maximum absolute atomic E-state index is 5.91. The summed E-state index contributed by atoms with van der Waals surface area (Å²) in [6.45, 7) is 2.92. The number of nitrogens with two attached hydrogens (primary N) is 1. The second-order valence-corrected chi connectivity index (χ2v) is 5.40. The summed E-state index contributed by atoms with van der Waals surface area (Å²) in [5.41, 5.74) is 6.92. The molecule has 0 spiro atoms. The van der Waals surface area contributed by atoms with Crippen molar-refractivity contribution < 1.29 is 9.47 Å². The summed E-state index contributed by atoms with van der Waals surface area (Å²) >= 11 is 3.41. The van der Waals surface area contributed by atoms with Crippen LogP contribution in [-0.2, 0) is 0 Å². The highest BCUT2D eigenvalue weighted by atomic mass is 79.9. The minimum absolute atomic E-state index is 0.0443. The van der Waals surface area contributed by atoms with Crippen LogP contribution in [-0.4, -0.2) is 13.2 Å². The molecule has 0 unspecified atom stereocenters. The third-order valence-electron chi connectivity index (χ3n) is 2.82. The Morgan fingerprint density at radius 3 is 2.55 bits per heavy atom. The SMILES string of the molecule is C[C@@H](N)c1ccccc1OCCOc1cccc(Br)c1. The molecular formula is C16H18BrNO2. The topological polar surface area (TPSA) is 44.5 Å². The van der Waals surface area contributed by atoms with E-state index in [1.807, 2.05) is 55.5 Å². The molecule has 0 saturated carbocycles. The Labute approximate surface area is 127 Å². The normalized spacial score (nSPS) is 11.9. The van der Waals surface area contributed by atoms with Crippen LogP contribution in [0.25, 0.3) is 0 Å². The highest BCUT2D eigenvalue weighted by Crippen LogP contribution is 2.23. The molecule has 0 bridgehead atoms. The Morgan fingerprint density at radius 2 is 1.80 bits per heavy atom. The van der Waals surface area contributed by atoms with Crippen molar-refractivity contribution >= 4 is 15.9 Å². The first-order chi connectivity index (χ1) is 9.66. The van der Waals surface area contributed by atoms with Crippen LogP contribution in [0.1, 0.15) is 18.5 Å². The van der Waals surface area contributed by atoms with E-state index < -0.39 is 0 Å². The monoisotopic (exact) mass is 335 g/mol. The minimum Gasteiger partial charge on any atom is -0.490 e. The molecule has 0 amide bonds. The molecule has 2 aromatic rings. The predicted octanol–water partition coefficient (Wildman–Crippen LogP) is 3.93. The summed E-state index contributed by atoms with van der Waals surface area (Å²) < 4.78 is 12.4. The molecule has 0 fully saturated rings. The number of ether oxygens (including phenoxy) is 2. The zero-order valence-electron chi connectivity index (χ0n) is 11.4. The quantitative estimate of drug-likeness (QED) is 0.813. The van der Waals surface area contributed by atoms with Crippen molar-refractivity contribution in [3.63, 3.8) is 0 Å². The molecular weight excluding hydrogens is 318 g/mol. The van der Waals surface area contributed by atoms with Crippen molar-refractivity contribution in [3.8, 4) is 11.5 Å². The third-order valence-corrected chi connectivity index (χ3v) is 3.31. The number of rotatable bonds is 6. The Kier molecular flexibility index (Phi) is 5.44. The van der Waals surface area contributed by atoms with E-state index in [0.29, 0.717) is 13.2 Å². The zero-order chi connectivity index (χ0) is 14.4. The van der Waals surface area contributed by atoms with E-state index >= 15 is 0 Å². The second-order valence-electron chi connectivity index (χ2n) is 4.48. The fraction of sp³-hybridized carbons (Fsp3) is 0.250. The standard InChI is InChI=1S/C16H18BrNO2/c1-12(18)15-7-2-3-8-16(15)20-10-9-19-14-6-4-5-13(17)11-14/h2-8,11-12H,9-10,18H2,1H3/t12-/m1/s1. The van der Waals surface area contributed by atoms with Crippen LogP contribution in [0.3, 0.4) is 0 Å². The highest BCUT2D eigenvalue weighted by Gasteiger charge is 2.06. The van der Waals surface area contributed by atoms with Gasteiger partial charge in [-0.2, -0.15) is 0 Å². The van der Waals surface area contributed by atoms with Gasteiger partial charge in [-0.05, 0) is 31.2 Å². The first-order valence-corrected chi connectivity index (χ1v) is 7.32. The number of halogens is 1. The Hall–Kier alpha value is -1.52. The summed E-state index contributed by atoms with van der Waals surface area (Å²) in [4.78, 5) is 0. The predicted molar refractivity (Wildman–Crippen MR) is 84.2 cm³/mol. The van der Waals surface area contributed by atoms with Crippen LogP contribution >= 0.6 is 15.9 Å². The molecule has 4 heteroatoms. The molecule has 0 aromatic heterocycles. The van der Waals surface area contributed by atoms with Gasteiger partial charge in [0, 0.05) is 16.1 Å². The maximum Gasteiger partial charge on any atom is 0.124 e. The summed E-state index contributed by atoms with van der Waals surface area (Å²) in [6, 6.07) is 15.5. The summed E-state index contributed by atoms with van der Waals surface area (Å²) in [6.07, 6.45) is 0. The largest absolute Gasteiger partial charge is 0.490 e. The van der Waals surface area contributed by atoms with Gasteiger partial charge in [0.25, 0.3) is 0 Å². The van der Waals surface area contributed by atoms with E-state index in [-0.39, 0.29) is 6.04 Å². The molecule has 0 heterocycles. The van der Waals surface area contributed by atoms with Crippen LogP contribution in [0, 0.1) is 0 Å². The summed E-state index contributed by atoms with van der Waals surface area (Å²) in [5, 5.41) is 0. The van der Waals surface area contributed by atoms with E-state index in [1.54, 1.807) is 0 Å². The van der Waals surface area contributed by atoms with Crippen LogP contribution in [0.5, 0.6) is 11.5 Å². The van der Waals surface area contributed by atoms with Crippen LogP contribution in [0.15, 0.2) is 53.0 Å². The number of hydrogen-bond acceptors (Lipinski definition) is 3. The van der Waals surface area contributed by atoms with Crippen molar-refractivity contribution in [2.24, 2.45) is 5.73 Å². The average Bonchev–Trinajstić information content (AvgIpc) is 2.44. The Bertz CT molecular complexity index is 558. The van der Waals surface area contributed by atoms with Crippen molar-refractivity contribution in [2.75, 3.05) is 13.2 Å². The summed E-state index contributed by atoms with van der Waals surface area (Å²) in [7, 11) is 0. The number of para-hydroxylation sites is 1. The van der Waals surface area contributed by atoms with Gasteiger partial charge in [-0.1, -0.05) is 40.2 Å². The first-order valence-electron chi connectivity index (χ1n) is 6.52.